The molecule has 0 saturated heterocycles. The largest absolute Gasteiger partial charge is 0.303 e. The standard InChI is InChI=1S/C8H15ClO/c1-7(2)8(3-5-9)4-6-10/h6-8H,3-5H2,1-2H3/t8-/m1/s1. The first kappa shape index (κ1) is 9.96. The van der Waals surface area contributed by atoms with E-state index in [0.717, 1.165) is 12.7 Å². The molecule has 60 valence electrons. The van der Waals surface area contributed by atoms with Gasteiger partial charge < -0.3 is 4.79 Å². The van der Waals surface area contributed by atoms with Crippen molar-refractivity contribution in [3.63, 3.8) is 0 Å². The van der Waals surface area contributed by atoms with E-state index in [2.05, 4.69) is 13.8 Å². The fourth-order valence-corrected chi connectivity index (χ4v) is 1.27. The third-order valence-electron chi connectivity index (χ3n) is 1.82. The summed E-state index contributed by atoms with van der Waals surface area (Å²) in [6.45, 7) is 4.25. The van der Waals surface area contributed by atoms with Crippen molar-refractivity contribution in [3.05, 3.63) is 0 Å². The molecular weight excluding hydrogens is 148 g/mol. The quantitative estimate of drug-likeness (QED) is 0.449. The summed E-state index contributed by atoms with van der Waals surface area (Å²) in [6, 6.07) is 0. The summed E-state index contributed by atoms with van der Waals surface area (Å²) in [4.78, 5) is 10.2. The number of carbonyl (C=O) groups excluding carboxylic acids is 1. The highest BCUT2D eigenvalue weighted by atomic mass is 35.5. The van der Waals surface area contributed by atoms with E-state index in [4.69, 9.17) is 11.6 Å². The number of rotatable bonds is 5. The van der Waals surface area contributed by atoms with Gasteiger partial charge in [0.25, 0.3) is 0 Å². The van der Waals surface area contributed by atoms with Gasteiger partial charge in [0.2, 0.25) is 0 Å². The fourth-order valence-electron chi connectivity index (χ4n) is 0.987. The summed E-state index contributed by atoms with van der Waals surface area (Å²) < 4.78 is 0. The first-order chi connectivity index (χ1) is 4.72. The maximum atomic E-state index is 10.2. The Bertz CT molecular complexity index is 91.3. The number of hydrogen-bond donors (Lipinski definition) is 0. The van der Waals surface area contributed by atoms with E-state index in [1.807, 2.05) is 0 Å². The summed E-state index contributed by atoms with van der Waals surface area (Å²) in [7, 11) is 0. The van der Waals surface area contributed by atoms with Gasteiger partial charge in [0, 0.05) is 12.3 Å². The fraction of sp³-hybridized carbons (Fsp3) is 0.875. The van der Waals surface area contributed by atoms with E-state index in [0.29, 0.717) is 24.1 Å². The van der Waals surface area contributed by atoms with Crippen LogP contribution in [0.15, 0.2) is 0 Å². The molecule has 0 rings (SSSR count). The lowest BCUT2D eigenvalue weighted by Crippen LogP contribution is -2.09. The Morgan fingerprint density at radius 2 is 2.10 bits per heavy atom. The van der Waals surface area contributed by atoms with Gasteiger partial charge in [-0.15, -0.1) is 11.6 Å². The summed E-state index contributed by atoms with van der Waals surface area (Å²) >= 11 is 5.56. The van der Waals surface area contributed by atoms with Crippen molar-refractivity contribution in [1.82, 2.24) is 0 Å². The molecule has 0 unspecified atom stereocenters. The topological polar surface area (TPSA) is 17.1 Å². The van der Waals surface area contributed by atoms with Crippen molar-refractivity contribution in [2.45, 2.75) is 26.7 Å². The molecule has 1 atom stereocenters. The highest BCUT2D eigenvalue weighted by molar-refractivity contribution is 6.17. The van der Waals surface area contributed by atoms with Crippen LogP contribution in [0.3, 0.4) is 0 Å². The molecule has 0 aromatic rings. The van der Waals surface area contributed by atoms with E-state index in [1.165, 1.54) is 0 Å². The smallest absolute Gasteiger partial charge is 0.120 e. The van der Waals surface area contributed by atoms with Crippen molar-refractivity contribution < 1.29 is 4.79 Å². The molecular formula is C8H15ClO. The minimum atomic E-state index is 0.481. The molecule has 10 heavy (non-hydrogen) atoms. The van der Waals surface area contributed by atoms with E-state index in [1.54, 1.807) is 0 Å². The second-order valence-electron chi connectivity index (χ2n) is 2.88. The van der Waals surface area contributed by atoms with Crippen LogP contribution in [-0.4, -0.2) is 12.2 Å². The van der Waals surface area contributed by atoms with Crippen LogP contribution in [0.4, 0.5) is 0 Å². The molecule has 0 spiro atoms. The Labute approximate surface area is 67.8 Å². The second kappa shape index (κ2) is 5.72. The van der Waals surface area contributed by atoms with Crippen molar-refractivity contribution in [1.29, 1.82) is 0 Å². The molecule has 0 fully saturated rings. The van der Waals surface area contributed by atoms with Crippen LogP contribution < -0.4 is 0 Å². The molecule has 0 aromatic heterocycles. The predicted octanol–water partition coefficient (Wildman–Crippen LogP) is 2.48. The number of halogens is 1. The number of aldehydes is 1. The van der Waals surface area contributed by atoms with Gasteiger partial charge in [-0.25, -0.2) is 0 Å². The molecule has 2 heteroatoms. The second-order valence-corrected chi connectivity index (χ2v) is 3.26. The molecule has 0 aliphatic carbocycles. The lowest BCUT2D eigenvalue weighted by Gasteiger charge is -2.15. The molecule has 1 nitrogen and oxygen atoms in total. The summed E-state index contributed by atoms with van der Waals surface area (Å²) in [5.74, 6) is 1.72. The van der Waals surface area contributed by atoms with Gasteiger partial charge in [0.15, 0.2) is 0 Å². The Kier molecular flexibility index (Phi) is 5.70. The minimum Gasteiger partial charge on any atom is -0.303 e. The van der Waals surface area contributed by atoms with Crippen LogP contribution in [0.2, 0.25) is 0 Å². The highest BCUT2D eigenvalue weighted by Gasteiger charge is 2.10. The Morgan fingerprint density at radius 3 is 2.40 bits per heavy atom. The summed E-state index contributed by atoms with van der Waals surface area (Å²) in [5, 5.41) is 0. The van der Waals surface area contributed by atoms with Gasteiger partial charge in [-0.3, -0.25) is 0 Å². The zero-order valence-corrected chi connectivity index (χ0v) is 7.40. The first-order valence-corrected chi connectivity index (χ1v) is 4.25. The Balaban J connectivity index is 3.60. The molecule has 0 heterocycles. The van der Waals surface area contributed by atoms with Crippen LogP contribution in [-0.2, 0) is 4.79 Å². The van der Waals surface area contributed by atoms with Gasteiger partial charge in [-0.1, -0.05) is 13.8 Å². The van der Waals surface area contributed by atoms with Crippen LogP contribution >= 0.6 is 11.6 Å². The van der Waals surface area contributed by atoms with Gasteiger partial charge in [-0.2, -0.15) is 0 Å². The van der Waals surface area contributed by atoms with Crippen molar-refractivity contribution in [2.24, 2.45) is 11.8 Å². The maximum Gasteiger partial charge on any atom is 0.120 e. The molecule has 0 N–H and O–H groups in total. The zero-order valence-electron chi connectivity index (χ0n) is 6.64. The van der Waals surface area contributed by atoms with Crippen LogP contribution in [0.5, 0.6) is 0 Å². The monoisotopic (exact) mass is 162 g/mol. The maximum absolute atomic E-state index is 10.2. The minimum absolute atomic E-state index is 0.481. The van der Waals surface area contributed by atoms with Crippen LogP contribution in [0.1, 0.15) is 26.7 Å². The number of hydrogen-bond acceptors (Lipinski definition) is 1. The van der Waals surface area contributed by atoms with Crippen LogP contribution in [0.25, 0.3) is 0 Å². The summed E-state index contributed by atoms with van der Waals surface area (Å²) in [6.07, 6.45) is 2.60. The lowest BCUT2D eigenvalue weighted by molar-refractivity contribution is -0.108. The number of carbonyl (C=O) groups is 1. The van der Waals surface area contributed by atoms with Crippen molar-refractivity contribution in [2.75, 3.05) is 5.88 Å². The summed E-state index contributed by atoms with van der Waals surface area (Å²) in [5.41, 5.74) is 0. The third kappa shape index (κ3) is 3.89. The Hall–Kier alpha value is -0.0400. The van der Waals surface area contributed by atoms with Crippen molar-refractivity contribution >= 4 is 17.9 Å². The average molecular weight is 163 g/mol. The highest BCUT2D eigenvalue weighted by Crippen LogP contribution is 2.18. The van der Waals surface area contributed by atoms with E-state index in [9.17, 15) is 4.79 Å². The molecule has 0 amide bonds. The van der Waals surface area contributed by atoms with E-state index >= 15 is 0 Å². The molecule has 0 aliphatic rings. The Morgan fingerprint density at radius 1 is 1.50 bits per heavy atom. The number of alkyl halides is 1. The molecule has 0 aromatic carbocycles. The molecule has 0 radical (unpaired) electrons. The SMILES string of the molecule is CC(C)[C@@H](CC=O)CCCl. The van der Waals surface area contributed by atoms with E-state index < -0.39 is 0 Å². The van der Waals surface area contributed by atoms with Gasteiger partial charge in [0.05, 0.1) is 0 Å². The molecule has 0 saturated carbocycles. The molecule has 0 bridgehead atoms. The lowest BCUT2D eigenvalue weighted by atomic mass is 9.91. The van der Waals surface area contributed by atoms with E-state index in [-0.39, 0.29) is 0 Å². The average Bonchev–Trinajstić information content (AvgIpc) is 1.87. The normalized spacial score (nSPS) is 13.6. The van der Waals surface area contributed by atoms with Gasteiger partial charge in [-0.05, 0) is 18.3 Å². The van der Waals surface area contributed by atoms with Gasteiger partial charge >= 0.3 is 0 Å². The first-order valence-electron chi connectivity index (χ1n) is 3.72. The molecule has 0 aliphatic heterocycles. The third-order valence-corrected chi connectivity index (χ3v) is 2.04. The van der Waals surface area contributed by atoms with Gasteiger partial charge in [0.1, 0.15) is 6.29 Å². The van der Waals surface area contributed by atoms with Crippen LogP contribution in [0, 0.1) is 11.8 Å². The van der Waals surface area contributed by atoms with Crippen molar-refractivity contribution in [3.8, 4) is 0 Å². The predicted molar refractivity (Wildman–Crippen MR) is 44.3 cm³/mol. The zero-order chi connectivity index (χ0) is 7.98.